The maximum atomic E-state index is 12.5. The molecular formula is C18H19N5O4. The molecule has 0 aliphatic rings. The predicted molar refractivity (Wildman–Crippen MR) is 96.9 cm³/mol. The summed E-state index contributed by atoms with van der Waals surface area (Å²) in [5.41, 5.74) is 1.21. The van der Waals surface area contributed by atoms with Gasteiger partial charge in [0, 0.05) is 23.5 Å². The van der Waals surface area contributed by atoms with Crippen LogP contribution < -0.4 is 19.5 Å². The number of hydrogen-bond donors (Lipinski definition) is 2. The molecule has 0 spiro atoms. The quantitative estimate of drug-likeness (QED) is 0.653. The third-order valence-corrected chi connectivity index (χ3v) is 3.81. The van der Waals surface area contributed by atoms with E-state index in [0.29, 0.717) is 34.5 Å². The number of rotatable bonds is 7. The van der Waals surface area contributed by atoms with Crippen molar-refractivity contribution >= 4 is 5.91 Å². The first kappa shape index (κ1) is 18.2. The monoisotopic (exact) mass is 369 g/mol. The van der Waals surface area contributed by atoms with Crippen LogP contribution in [0.5, 0.6) is 17.2 Å². The van der Waals surface area contributed by atoms with Crippen LogP contribution in [0.15, 0.2) is 36.7 Å². The summed E-state index contributed by atoms with van der Waals surface area (Å²) in [5.74, 6) is 1.99. The molecule has 0 atom stereocenters. The minimum absolute atomic E-state index is 0.188. The second kappa shape index (κ2) is 8.17. The Morgan fingerprint density at radius 2 is 1.74 bits per heavy atom. The van der Waals surface area contributed by atoms with Gasteiger partial charge in [-0.2, -0.15) is 5.10 Å². The summed E-state index contributed by atoms with van der Waals surface area (Å²) in [6, 6.07) is 6.78. The van der Waals surface area contributed by atoms with Gasteiger partial charge in [-0.3, -0.25) is 14.9 Å². The highest BCUT2D eigenvalue weighted by atomic mass is 16.5. The predicted octanol–water partition coefficient (Wildman–Crippen LogP) is 1.82. The summed E-state index contributed by atoms with van der Waals surface area (Å²) in [4.78, 5) is 20.8. The molecule has 0 saturated heterocycles. The number of amides is 1. The van der Waals surface area contributed by atoms with Crippen molar-refractivity contribution in [2.45, 2.75) is 6.54 Å². The van der Waals surface area contributed by atoms with Gasteiger partial charge in [0.05, 0.1) is 27.9 Å². The molecule has 0 bridgehead atoms. The lowest BCUT2D eigenvalue weighted by atomic mass is 10.1. The van der Waals surface area contributed by atoms with Gasteiger partial charge in [0.1, 0.15) is 5.82 Å². The largest absolute Gasteiger partial charge is 0.493 e. The van der Waals surface area contributed by atoms with Crippen LogP contribution in [0, 0.1) is 0 Å². The van der Waals surface area contributed by atoms with E-state index in [1.54, 1.807) is 36.7 Å². The molecule has 2 aromatic heterocycles. The van der Waals surface area contributed by atoms with E-state index in [1.165, 1.54) is 21.3 Å². The fraction of sp³-hybridized carbons (Fsp3) is 0.222. The Morgan fingerprint density at radius 3 is 2.33 bits per heavy atom. The van der Waals surface area contributed by atoms with E-state index in [-0.39, 0.29) is 12.5 Å². The van der Waals surface area contributed by atoms with Crippen LogP contribution in [0.4, 0.5) is 0 Å². The van der Waals surface area contributed by atoms with Gasteiger partial charge < -0.3 is 19.5 Å². The second-order valence-electron chi connectivity index (χ2n) is 5.44. The molecule has 0 aliphatic heterocycles. The summed E-state index contributed by atoms with van der Waals surface area (Å²) < 4.78 is 15.8. The fourth-order valence-corrected chi connectivity index (χ4v) is 2.48. The van der Waals surface area contributed by atoms with Crippen LogP contribution >= 0.6 is 0 Å². The number of methoxy groups -OCH3 is 3. The van der Waals surface area contributed by atoms with Crippen molar-refractivity contribution < 1.29 is 19.0 Å². The Hall–Kier alpha value is -3.62. The Bertz CT molecular complexity index is 902. The van der Waals surface area contributed by atoms with E-state index in [1.807, 2.05) is 0 Å². The molecule has 3 rings (SSSR count). The topological polar surface area (TPSA) is 111 Å². The Balaban J connectivity index is 1.72. The molecule has 140 valence electrons. The zero-order valence-corrected chi connectivity index (χ0v) is 15.1. The highest BCUT2D eigenvalue weighted by molar-refractivity contribution is 5.95. The minimum Gasteiger partial charge on any atom is -0.493 e. The van der Waals surface area contributed by atoms with Crippen molar-refractivity contribution in [3.05, 3.63) is 48.0 Å². The van der Waals surface area contributed by atoms with Crippen molar-refractivity contribution in [2.24, 2.45) is 0 Å². The molecule has 9 nitrogen and oxygen atoms in total. The molecule has 2 N–H and O–H groups in total. The minimum atomic E-state index is -0.309. The summed E-state index contributed by atoms with van der Waals surface area (Å²) >= 11 is 0. The molecule has 0 radical (unpaired) electrons. The average molecular weight is 369 g/mol. The van der Waals surface area contributed by atoms with Crippen molar-refractivity contribution in [3.63, 3.8) is 0 Å². The van der Waals surface area contributed by atoms with Crippen LogP contribution in [0.3, 0.4) is 0 Å². The Kier molecular flexibility index (Phi) is 5.50. The maximum absolute atomic E-state index is 12.5. The van der Waals surface area contributed by atoms with Crippen LogP contribution in [0.25, 0.3) is 11.4 Å². The molecule has 0 fully saturated rings. The number of aromatic amines is 1. The molecule has 2 heterocycles. The molecule has 0 aliphatic carbocycles. The van der Waals surface area contributed by atoms with Gasteiger partial charge in [0.15, 0.2) is 17.3 Å². The van der Waals surface area contributed by atoms with Gasteiger partial charge in [-0.15, -0.1) is 0 Å². The number of ether oxygens (including phenoxy) is 3. The van der Waals surface area contributed by atoms with Gasteiger partial charge >= 0.3 is 0 Å². The van der Waals surface area contributed by atoms with E-state index in [0.717, 1.165) is 5.56 Å². The SMILES string of the molecule is COc1cc(C(=O)NCc2nc(-c3ccncc3)n[nH]2)cc(OC)c1OC. The third kappa shape index (κ3) is 3.97. The Labute approximate surface area is 155 Å². The molecule has 1 amide bonds. The van der Waals surface area contributed by atoms with Gasteiger partial charge in [-0.1, -0.05) is 0 Å². The lowest BCUT2D eigenvalue weighted by Gasteiger charge is -2.13. The zero-order valence-electron chi connectivity index (χ0n) is 15.1. The highest BCUT2D eigenvalue weighted by Gasteiger charge is 2.17. The van der Waals surface area contributed by atoms with Crippen LogP contribution in [-0.4, -0.2) is 47.4 Å². The Morgan fingerprint density at radius 1 is 1.07 bits per heavy atom. The highest BCUT2D eigenvalue weighted by Crippen LogP contribution is 2.38. The number of nitrogens with zero attached hydrogens (tertiary/aromatic N) is 3. The molecular weight excluding hydrogens is 350 g/mol. The second-order valence-corrected chi connectivity index (χ2v) is 5.44. The number of aromatic nitrogens is 4. The molecule has 9 heteroatoms. The van der Waals surface area contributed by atoms with Crippen LogP contribution in [-0.2, 0) is 6.54 Å². The molecule has 3 aromatic rings. The van der Waals surface area contributed by atoms with Crippen molar-refractivity contribution in [1.82, 2.24) is 25.5 Å². The van der Waals surface area contributed by atoms with E-state index in [9.17, 15) is 4.79 Å². The lowest BCUT2D eigenvalue weighted by Crippen LogP contribution is -2.23. The third-order valence-electron chi connectivity index (χ3n) is 3.81. The summed E-state index contributed by atoms with van der Waals surface area (Å²) in [5, 5.41) is 9.73. The van der Waals surface area contributed by atoms with E-state index in [2.05, 4.69) is 25.5 Å². The smallest absolute Gasteiger partial charge is 0.251 e. The van der Waals surface area contributed by atoms with Crippen molar-refractivity contribution in [3.8, 4) is 28.6 Å². The first-order valence-corrected chi connectivity index (χ1v) is 8.06. The first-order chi connectivity index (χ1) is 13.2. The summed E-state index contributed by atoms with van der Waals surface area (Å²) in [6.07, 6.45) is 3.33. The van der Waals surface area contributed by atoms with Gasteiger partial charge in [0.2, 0.25) is 5.75 Å². The number of benzene rings is 1. The fourth-order valence-electron chi connectivity index (χ4n) is 2.48. The van der Waals surface area contributed by atoms with Gasteiger partial charge in [-0.25, -0.2) is 4.98 Å². The maximum Gasteiger partial charge on any atom is 0.251 e. The number of carbonyl (C=O) groups is 1. The first-order valence-electron chi connectivity index (χ1n) is 8.06. The number of nitrogens with one attached hydrogen (secondary N) is 2. The number of pyridine rings is 1. The van der Waals surface area contributed by atoms with E-state index in [4.69, 9.17) is 14.2 Å². The van der Waals surface area contributed by atoms with Gasteiger partial charge in [-0.05, 0) is 24.3 Å². The summed E-state index contributed by atoms with van der Waals surface area (Å²) in [7, 11) is 4.49. The number of H-pyrrole nitrogens is 1. The molecule has 0 saturated carbocycles. The standard InChI is InChI=1S/C18H19N5O4/c1-25-13-8-12(9-14(26-2)16(13)27-3)18(24)20-10-15-21-17(23-22-15)11-4-6-19-7-5-11/h4-9H,10H2,1-3H3,(H,20,24)(H,21,22,23). The summed E-state index contributed by atoms with van der Waals surface area (Å²) in [6.45, 7) is 0.188. The molecule has 1 aromatic carbocycles. The lowest BCUT2D eigenvalue weighted by molar-refractivity contribution is 0.0949. The number of hydrogen-bond acceptors (Lipinski definition) is 7. The van der Waals surface area contributed by atoms with E-state index < -0.39 is 0 Å². The molecule has 0 unspecified atom stereocenters. The normalized spacial score (nSPS) is 10.3. The molecule has 27 heavy (non-hydrogen) atoms. The van der Waals surface area contributed by atoms with Crippen LogP contribution in [0.1, 0.15) is 16.2 Å². The average Bonchev–Trinajstić information content (AvgIpc) is 3.20. The van der Waals surface area contributed by atoms with Gasteiger partial charge in [0.25, 0.3) is 5.91 Å². The van der Waals surface area contributed by atoms with Crippen molar-refractivity contribution in [2.75, 3.05) is 21.3 Å². The van der Waals surface area contributed by atoms with Crippen LogP contribution in [0.2, 0.25) is 0 Å². The zero-order chi connectivity index (χ0) is 19.2. The number of carbonyl (C=O) groups excluding carboxylic acids is 1. The van der Waals surface area contributed by atoms with Crippen molar-refractivity contribution in [1.29, 1.82) is 0 Å². The van der Waals surface area contributed by atoms with E-state index >= 15 is 0 Å².